The molecule has 0 atom stereocenters. The van der Waals surface area contributed by atoms with E-state index in [0.717, 1.165) is 57.9 Å². The molecule has 1 amide bonds. The van der Waals surface area contributed by atoms with Crippen LogP contribution in [0.2, 0.25) is 0 Å². The van der Waals surface area contributed by atoms with Gasteiger partial charge in [0, 0.05) is 26.2 Å². The molecule has 0 aromatic heterocycles. The predicted molar refractivity (Wildman–Crippen MR) is 119 cm³/mol. The van der Waals surface area contributed by atoms with Gasteiger partial charge in [-0.2, -0.15) is 0 Å². The van der Waals surface area contributed by atoms with Crippen LogP contribution in [0.4, 0.5) is 0 Å². The van der Waals surface area contributed by atoms with E-state index in [0.29, 0.717) is 0 Å². The first kappa shape index (κ1) is 23.5. The fraction of sp³-hybridized carbons (Fsp3) is 0.895. The van der Waals surface area contributed by atoms with E-state index in [1.807, 2.05) is 4.90 Å². The lowest BCUT2D eigenvalue weighted by molar-refractivity contribution is -0.130. The van der Waals surface area contributed by atoms with E-state index in [2.05, 4.69) is 27.4 Å². The van der Waals surface area contributed by atoms with Crippen molar-refractivity contribution >= 4 is 35.8 Å². The van der Waals surface area contributed by atoms with E-state index in [4.69, 9.17) is 0 Å². The number of carbonyl (C=O) groups excluding carboxylic acids is 1. The van der Waals surface area contributed by atoms with Crippen molar-refractivity contribution < 1.29 is 4.79 Å². The van der Waals surface area contributed by atoms with Crippen LogP contribution in [-0.4, -0.2) is 74.0 Å². The van der Waals surface area contributed by atoms with Gasteiger partial charge >= 0.3 is 0 Å². The summed E-state index contributed by atoms with van der Waals surface area (Å²) >= 11 is 0. The number of rotatable bonds is 7. The number of piperidine rings is 1. The highest BCUT2D eigenvalue weighted by Gasteiger charge is 2.16. The molecule has 0 bridgehead atoms. The summed E-state index contributed by atoms with van der Waals surface area (Å²) in [6.07, 6.45) is 10.1. The Morgan fingerprint density at radius 3 is 2.19 bits per heavy atom. The van der Waals surface area contributed by atoms with Crippen LogP contribution in [0.25, 0.3) is 0 Å². The van der Waals surface area contributed by atoms with Gasteiger partial charge in [0.05, 0.1) is 0 Å². The average molecular weight is 479 g/mol. The van der Waals surface area contributed by atoms with Crippen LogP contribution >= 0.6 is 24.0 Å². The van der Waals surface area contributed by atoms with E-state index in [-0.39, 0.29) is 36.4 Å². The first-order valence-corrected chi connectivity index (χ1v) is 10.3. The molecule has 0 unspecified atom stereocenters. The van der Waals surface area contributed by atoms with E-state index in [9.17, 15) is 4.79 Å². The molecule has 0 aromatic carbocycles. The molecule has 2 N–H and O–H groups in total. The Labute approximate surface area is 176 Å². The van der Waals surface area contributed by atoms with Crippen molar-refractivity contribution in [2.24, 2.45) is 4.99 Å². The maximum Gasteiger partial charge on any atom is 0.244 e. The number of likely N-dealkylation sites (tertiary alicyclic amines) is 2. The first-order valence-electron chi connectivity index (χ1n) is 10.3. The number of hydrogen-bond acceptors (Lipinski definition) is 3. The lowest BCUT2D eigenvalue weighted by atomic mass is 10.1. The second-order valence-electron chi connectivity index (χ2n) is 7.17. The lowest BCUT2D eigenvalue weighted by Gasteiger charge is -2.26. The number of amides is 1. The van der Waals surface area contributed by atoms with Crippen molar-refractivity contribution in [1.29, 1.82) is 0 Å². The van der Waals surface area contributed by atoms with Gasteiger partial charge in [-0.15, -0.1) is 24.0 Å². The number of hydrogen-bond donors (Lipinski definition) is 2. The molecule has 0 radical (unpaired) electrons. The molecule has 7 heteroatoms. The highest BCUT2D eigenvalue weighted by Crippen LogP contribution is 2.10. The van der Waals surface area contributed by atoms with Crippen molar-refractivity contribution in [2.45, 2.75) is 58.3 Å². The van der Waals surface area contributed by atoms with Gasteiger partial charge < -0.3 is 20.4 Å². The second kappa shape index (κ2) is 14.5. The van der Waals surface area contributed by atoms with E-state index in [1.165, 1.54) is 45.2 Å². The molecule has 2 heterocycles. The Kier molecular flexibility index (Phi) is 13.1. The van der Waals surface area contributed by atoms with Crippen molar-refractivity contribution in [1.82, 2.24) is 20.4 Å². The van der Waals surface area contributed by atoms with Crippen LogP contribution in [0.5, 0.6) is 0 Å². The molecule has 2 fully saturated rings. The first-order chi connectivity index (χ1) is 12.3. The van der Waals surface area contributed by atoms with E-state index < -0.39 is 0 Å². The van der Waals surface area contributed by atoms with Crippen molar-refractivity contribution in [3.63, 3.8) is 0 Å². The van der Waals surface area contributed by atoms with Crippen LogP contribution in [0.3, 0.4) is 0 Å². The Bertz CT molecular complexity index is 405. The Morgan fingerprint density at radius 1 is 0.923 bits per heavy atom. The van der Waals surface area contributed by atoms with Crippen LogP contribution in [-0.2, 0) is 4.79 Å². The van der Waals surface area contributed by atoms with Crippen molar-refractivity contribution in [2.75, 3.05) is 52.4 Å². The third-order valence-corrected chi connectivity index (χ3v) is 5.07. The van der Waals surface area contributed by atoms with Crippen LogP contribution < -0.4 is 10.6 Å². The van der Waals surface area contributed by atoms with Crippen molar-refractivity contribution in [3.05, 3.63) is 0 Å². The van der Waals surface area contributed by atoms with E-state index >= 15 is 0 Å². The minimum Gasteiger partial charge on any atom is -0.357 e. The SMILES string of the molecule is CCNC(=NCC(=O)N1CCCCC1)NCCCN1CCCCCC1.I. The van der Waals surface area contributed by atoms with Gasteiger partial charge in [-0.05, 0) is 65.1 Å². The Morgan fingerprint density at radius 2 is 1.54 bits per heavy atom. The Hall–Kier alpha value is -0.570. The summed E-state index contributed by atoms with van der Waals surface area (Å²) in [5.41, 5.74) is 0. The summed E-state index contributed by atoms with van der Waals surface area (Å²) < 4.78 is 0. The van der Waals surface area contributed by atoms with Crippen LogP contribution in [0, 0.1) is 0 Å². The fourth-order valence-electron chi connectivity index (χ4n) is 3.60. The molecule has 2 aliphatic rings. The Balaban J connectivity index is 0.00000338. The standard InChI is InChI=1S/C19H37N5O.HI/c1-2-20-19(22-17-18(25)24-15-8-5-9-16-24)21-11-10-14-23-12-6-3-4-7-13-23;/h2-17H2,1H3,(H2,20,21,22);1H. The van der Waals surface area contributed by atoms with Gasteiger partial charge in [0.2, 0.25) is 5.91 Å². The maximum atomic E-state index is 12.2. The molecule has 2 saturated heterocycles. The molecule has 152 valence electrons. The predicted octanol–water partition coefficient (Wildman–Crippen LogP) is 2.44. The number of guanidine groups is 1. The smallest absolute Gasteiger partial charge is 0.244 e. The van der Waals surface area contributed by atoms with Gasteiger partial charge in [-0.1, -0.05) is 12.8 Å². The average Bonchev–Trinajstić information content (AvgIpc) is 2.92. The molecule has 6 nitrogen and oxygen atoms in total. The zero-order valence-corrected chi connectivity index (χ0v) is 18.8. The van der Waals surface area contributed by atoms with Gasteiger partial charge in [-0.25, -0.2) is 4.99 Å². The number of nitrogens with zero attached hydrogens (tertiary/aromatic N) is 3. The topological polar surface area (TPSA) is 60.0 Å². The van der Waals surface area contributed by atoms with Gasteiger partial charge in [0.1, 0.15) is 6.54 Å². The minimum atomic E-state index is 0. The summed E-state index contributed by atoms with van der Waals surface area (Å²) in [6.45, 7) is 9.47. The molecule has 0 aromatic rings. The summed E-state index contributed by atoms with van der Waals surface area (Å²) in [6, 6.07) is 0. The highest BCUT2D eigenvalue weighted by atomic mass is 127. The number of halogens is 1. The van der Waals surface area contributed by atoms with Crippen LogP contribution in [0.1, 0.15) is 58.3 Å². The summed E-state index contributed by atoms with van der Waals surface area (Å²) in [4.78, 5) is 21.2. The zero-order valence-electron chi connectivity index (χ0n) is 16.5. The third-order valence-electron chi connectivity index (χ3n) is 5.07. The number of aliphatic imine (C=N–C) groups is 1. The lowest BCUT2D eigenvalue weighted by Crippen LogP contribution is -2.41. The van der Waals surface area contributed by atoms with Crippen LogP contribution in [0.15, 0.2) is 4.99 Å². The molecular weight excluding hydrogens is 441 g/mol. The molecule has 0 saturated carbocycles. The molecule has 0 spiro atoms. The molecule has 26 heavy (non-hydrogen) atoms. The van der Waals surface area contributed by atoms with Gasteiger partial charge in [0.15, 0.2) is 5.96 Å². The number of carbonyl (C=O) groups is 1. The normalized spacial score (nSPS) is 19.4. The largest absolute Gasteiger partial charge is 0.357 e. The molecular formula is C19H38IN5O. The van der Waals surface area contributed by atoms with Crippen molar-refractivity contribution in [3.8, 4) is 0 Å². The summed E-state index contributed by atoms with van der Waals surface area (Å²) in [5, 5.41) is 6.62. The summed E-state index contributed by atoms with van der Waals surface area (Å²) in [5.74, 6) is 0.921. The molecule has 2 rings (SSSR count). The summed E-state index contributed by atoms with van der Waals surface area (Å²) in [7, 11) is 0. The number of nitrogens with one attached hydrogen (secondary N) is 2. The highest BCUT2D eigenvalue weighted by molar-refractivity contribution is 14.0. The van der Waals surface area contributed by atoms with Gasteiger partial charge in [0.25, 0.3) is 0 Å². The fourth-order valence-corrected chi connectivity index (χ4v) is 3.60. The third kappa shape index (κ3) is 9.39. The van der Waals surface area contributed by atoms with E-state index in [1.54, 1.807) is 0 Å². The second-order valence-corrected chi connectivity index (χ2v) is 7.17. The monoisotopic (exact) mass is 479 g/mol. The quantitative estimate of drug-likeness (QED) is 0.255. The maximum absolute atomic E-state index is 12.2. The molecule has 0 aliphatic carbocycles. The van der Waals surface area contributed by atoms with Gasteiger partial charge in [-0.3, -0.25) is 4.79 Å². The zero-order chi connectivity index (χ0) is 17.7. The molecule has 2 aliphatic heterocycles. The minimum absolute atomic E-state index is 0.